The molecule has 0 unspecified atom stereocenters. The molecule has 0 bridgehead atoms. The maximum atomic E-state index is 11.9. The zero-order valence-electron chi connectivity index (χ0n) is 14.9. The maximum absolute atomic E-state index is 11.9. The highest BCUT2D eigenvalue weighted by Gasteiger charge is 2.03. The van der Waals surface area contributed by atoms with Gasteiger partial charge in [0, 0.05) is 17.1 Å². The predicted octanol–water partition coefficient (Wildman–Crippen LogP) is 4.46. The Morgan fingerprint density at radius 1 is 0.704 bits per heavy atom. The van der Waals surface area contributed by atoms with Gasteiger partial charge in [-0.15, -0.1) is 0 Å². The lowest BCUT2D eigenvalue weighted by atomic mass is 10.2. The van der Waals surface area contributed by atoms with Crippen LogP contribution in [0.5, 0.6) is 5.75 Å². The molecule has 1 amide bonds. The van der Waals surface area contributed by atoms with Crippen LogP contribution in [-0.2, 0) is 9.53 Å². The molecule has 0 saturated carbocycles. The van der Waals surface area contributed by atoms with Crippen molar-refractivity contribution in [2.45, 2.75) is 0 Å². The number of nitrogens with one attached hydrogen (secondary N) is 2. The number of ether oxygens (including phenoxy) is 2. The third-order valence-electron chi connectivity index (χ3n) is 3.70. The molecule has 0 aromatic heterocycles. The van der Waals surface area contributed by atoms with E-state index in [1.807, 2.05) is 84.9 Å². The number of rotatable bonds is 9. The summed E-state index contributed by atoms with van der Waals surface area (Å²) in [5.74, 6) is 0.591. The summed E-state index contributed by atoms with van der Waals surface area (Å²) in [6, 6.07) is 26.9. The third kappa shape index (κ3) is 6.49. The van der Waals surface area contributed by atoms with Crippen molar-refractivity contribution in [3.05, 3.63) is 84.9 Å². The van der Waals surface area contributed by atoms with Crippen LogP contribution in [0.2, 0.25) is 0 Å². The first-order valence-corrected chi connectivity index (χ1v) is 8.77. The summed E-state index contributed by atoms with van der Waals surface area (Å²) in [7, 11) is 0. The van der Waals surface area contributed by atoms with E-state index in [9.17, 15) is 4.79 Å². The van der Waals surface area contributed by atoms with Gasteiger partial charge in [-0.2, -0.15) is 0 Å². The molecule has 27 heavy (non-hydrogen) atoms. The van der Waals surface area contributed by atoms with Gasteiger partial charge in [0.2, 0.25) is 5.91 Å². The fourth-order valence-corrected chi connectivity index (χ4v) is 2.42. The van der Waals surface area contributed by atoms with Crippen LogP contribution < -0.4 is 15.4 Å². The lowest BCUT2D eigenvalue weighted by Gasteiger charge is -2.09. The Bertz CT molecular complexity index is 821. The van der Waals surface area contributed by atoms with Gasteiger partial charge in [0.25, 0.3) is 0 Å². The van der Waals surface area contributed by atoms with Crippen LogP contribution in [0.15, 0.2) is 84.9 Å². The molecule has 3 aromatic carbocycles. The van der Waals surface area contributed by atoms with Crippen molar-refractivity contribution in [1.29, 1.82) is 0 Å². The van der Waals surface area contributed by atoms with Crippen molar-refractivity contribution >= 4 is 23.0 Å². The second-order valence-corrected chi connectivity index (χ2v) is 5.83. The van der Waals surface area contributed by atoms with Gasteiger partial charge in [-0.1, -0.05) is 36.4 Å². The van der Waals surface area contributed by atoms with Gasteiger partial charge in [-0.3, -0.25) is 4.79 Å². The summed E-state index contributed by atoms with van der Waals surface area (Å²) < 4.78 is 10.8. The Balaban J connectivity index is 1.35. The summed E-state index contributed by atoms with van der Waals surface area (Å²) in [4.78, 5) is 11.9. The van der Waals surface area contributed by atoms with Crippen molar-refractivity contribution in [2.75, 3.05) is 30.5 Å². The zero-order chi connectivity index (χ0) is 18.7. The molecule has 5 heteroatoms. The fourth-order valence-electron chi connectivity index (χ4n) is 2.42. The minimum atomic E-state index is -0.196. The van der Waals surface area contributed by atoms with E-state index in [4.69, 9.17) is 9.47 Å². The van der Waals surface area contributed by atoms with Crippen molar-refractivity contribution in [3.8, 4) is 5.75 Å². The molecule has 0 spiro atoms. The van der Waals surface area contributed by atoms with E-state index < -0.39 is 0 Å². The molecule has 0 aliphatic carbocycles. The third-order valence-corrected chi connectivity index (χ3v) is 3.70. The molecular weight excluding hydrogens is 340 g/mol. The van der Waals surface area contributed by atoms with E-state index in [1.165, 1.54) is 0 Å². The second kappa shape index (κ2) is 9.99. The summed E-state index contributed by atoms with van der Waals surface area (Å²) in [5.41, 5.74) is 2.69. The number of hydrogen-bond donors (Lipinski definition) is 2. The molecule has 138 valence electrons. The highest BCUT2D eigenvalue weighted by molar-refractivity contribution is 5.91. The summed E-state index contributed by atoms with van der Waals surface area (Å²) in [6.45, 7) is 0.738. The molecule has 3 rings (SSSR count). The Morgan fingerprint density at radius 3 is 2.00 bits per heavy atom. The first kappa shape index (κ1) is 18.5. The molecule has 0 fully saturated rings. The van der Waals surface area contributed by atoms with E-state index >= 15 is 0 Å². The number of amides is 1. The smallest absolute Gasteiger partial charge is 0.250 e. The van der Waals surface area contributed by atoms with Gasteiger partial charge in [0.15, 0.2) is 0 Å². The van der Waals surface area contributed by atoms with Crippen LogP contribution in [0.4, 0.5) is 17.1 Å². The largest absolute Gasteiger partial charge is 0.491 e. The highest BCUT2D eigenvalue weighted by Crippen LogP contribution is 2.18. The van der Waals surface area contributed by atoms with E-state index in [0.29, 0.717) is 13.2 Å². The number of anilines is 3. The maximum Gasteiger partial charge on any atom is 0.250 e. The molecule has 5 nitrogen and oxygen atoms in total. The van der Waals surface area contributed by atoms with Gasteiger partial charge < -0.3 is 20.1 Å². The zero-order valence-corrected chi connectivity index (χ0v) is 14.9. The number of carbonyl (C=O) groups is 1. The van der Waals surface area contributed by atoms with Gasteiger partial charge in [0.05, 0.1) is 6.61 Å². The molecule has 2 N–H and O–H groups in total. The number of para-hydroxylation sites is 2. The molecule has 0 heterocycles. The van der Waals surface area contributed by atoms with Gasteiger partial charge in [0.1, 0.15) is 19.0 Å². The monoisotopic (exact) mass is 362 g/mol. The second-order valence-electron chi connectivity index (χ2n) is 5.83. The van der Waals surface area contributed by atoms with Crippen molar-refractivity contribution in [1.82, 2.24) is 0 Å². The standard InChI is InChI=1S/C22H22N2O3/c25-22(17-26-15-16-27-21-9-5-2-6-10-21)24-20-13-11-19(12-14-20)23-18-7-3-1-4-8-18/h1-14,23H,15-17H2,(H,24,25). The lowest BCUT2D eigenvalue weighted by molar-refractivity contribution is -0.120. The normalized spacial score (nSPS) is 10.2. The molecule has 0 saturated heterocycles. The first-order valence-electron chi connectivity index (χ1n) is 8.77. The minimum Gasteiger partial charge on any atom is -0.491 e. The van der Waals surface area contributed by atoms with Crippen LogP contribution in [0.3, 0.4) is 0 Å². The highest BCUT2D eigenvalue weighted by atomic mass is 16.5. The van der Waals surface area contributed by atoms with Crippen LogP contribution in [0, 0.1) is 0 Å². The van der Waals surface area contributed by atoms with Crippen molar-refractivity contribution in [3.63, 3.8) is 0 Å². The quantitative estimate of drug-likeness (QED) is 0.552. The van der Waals surface area contributed by atoms with Crippen LogP contribution >= 0.6 is 0 Å². The fraction of sp³-hybridized carbons (Fsp3) is 0.136. The molecule has 0 aliphatic heterocycles. The Kier molecular flexibility index (Phi) is 6.84. The van der Waals surface area contributed by atoms with Crippen LogP contribution in [0.25, 0.3) is 0 Å². The topological polar surface area (TPSA) is 59.6 Å². The number of hydrogen-bond acceptors (Lipinski definition) is 4. The van der Waals surface area contributed by atoms with Crippen molar-refractivity contribution < 1.29 is 14.3 Å². The number of benzene rings is 3. The summed E-state index contributed by atoms with van der Waals surface area (Å²) >= 11 is 0. The lowest BCUT2D eigenvalue weighted by Crippen LogP contribution is -2.20. The summed E-state index contributed by atoms with van der Waals surface area (Å²) in [6.07, 6.45) is 0. The average molecular weight is 362 g/mol. The SMILES string of the molecule is O=C(COCCOc1ccccc1)Nc1ccc(Nc2ccccc2)cc1. The van der Waals surface area contributed by atoms with Crippen LogP contribution in [-0.4, -0.2) is 25.7 Å². The predicted molar refractivity (Wildman–Crippen MR) is 108 cm³/mol. The Morgan fingerprint density at radius 2 is 1.30 bits per heavy atom. The van der Waals surface area contributed by atoms with E-state index in [1.54, 1.807) is 0 Å². The molecule has 0 radical (unpaired) electrons. The Hall–Kier alpha value is -3.31. The average Bonchev–Trinajstić information content (AvgIpc) is 2.71. The van der Waals surface area contributed by atoms with E-state index in [-0.39, 0.29) is 12.5 Å². The molecular formula is C22H22N2O3. The number of carbonyl (C=O) groups excluding carboxylic acids is 1. The molecule has 0 atom stereocenters. The summed E-state index contributed by atoms with van der Waals surface area (Å²) in [5, 5.41) is 6.10. The molecule has 3 aromatic rings. The van der Waals surface area contributed by atoms with Crippen molar-refractivity contribution in [2.24, 2.45) is 0 Å². The van der Waals surface area contributed by atoms with E-state index in [0.717, 1.165) is 22.8 Å². The molecule has 0 aliphatic rings. The Labute approximate surface area is 158 Å². The first-order chi connectivity index (χ1) is 13.3. The van der Waals surface area contributed by atoms with E-state index in [2.05, 4.69) is 10.6 Å². The van der Waals surface area contributed by atoms with Gasteiger partial charge in [-0.05, 0) is 48.5 Å². The van der Waals surface area contributed by atoms with Crippen LogP contribution in [0.1, 0.15) is 0 Å². The minimum absolute atomic E-state index is 0.0117. The van der Waals surface area contributed by atoms with Gasteiger partial charge >= 0.3 is 0 Å². The van der Waals surface area contributed by atoms with Gasteiger partial charge in [-0.25, -0.2) is 0 Å².